The lowest BCUT2D eigenvalue weighted by atomic mass is 10.1. The summed E-state index contributed by atoms with van der Waals surface area (Å²) in [6, 6.07) is 19.4. The Hall–Kier alpha value is -3.96. The molecule has 5 rings (SSSR count). The predicted molar refractivity (Wildman–Crippen MR) is 128 cm³/mol. The van der Waals surface area contributed by atoms with Crippen LogP contribution in [0.5, 0.6) is 0 Å². The minimum absolute atomic E-state index is 0.201. The fourth-order valence-corrected chi connectivity index (χ4v) is 4.39. The summed E-state index contributed by atoms with van der Waals surface area (Å²) in [5.74, 6) is 0.806. The Balaban J connectivity index is 1.76. The Morgan fingerprint density at radius 1 is 1.06 bits per heavy atom. The van der Waals surface area contributed by atoms with Gasteiger partial charge in [-0.25, -0.2) is 9.67 Å². The van der Waals surface area contributed by atoms with E-state index >= 15 is 0 Å². The number of hydrogen-bond donors (Lipinski definition) is 1. The van der Waals surface area contributed by atoms with Gasteiger partial charge < -0.3 is 14.8 Å². The van der Waals surface area contributed by atoms with Crippen molar-refractivity contribution >= 4 is 17.0 Å². The van der Waals surface area contributed by atoms with Gasteiger partial charge >= 0.3 is 0 Å². The van der Waals surface area contributed by atoms with Crippen molar-refractivity contribution in [3.05, 3.63) is 76.1 Å². The lowest BCUT2D eigenvalue weighted by molar-refractivity contribution is 0.569. The van der Waals surface area contributed by atoms with Crippen molar-refractivity contribution < 1.29 is 0 Å². The minimum Gasteiger partial charge on any atom is -0.340 e. The first-order valence-corrected chi connectivity index (χ1v) is 11.2. The number of benzene rings is 2. The Bertz CT molecular complexity index is 1390. The van der Waals surface area contributed by atoms with Gasteiger partial charge in [-0.1, -0.05) is 48.5 Å². The number of nitriles is 1. The zero-order valence-electron chi connectivity index (χ0n) is 18.5. The minimum atomic E-state index is -0.201. The molecule has 0 amide bonds. The third-order valence-corrected chi connectivity index (χ3v) is 6.05. The summed E-state index contributed by atoms with van der Waals surface area (Å²) in [4.78, 5) is 20.9. The molecule has 1 fully saturated rings. The van der Waals surface area contributed by atoms with Gasteiger partial charge in [0, 0.05) is 38.3 Å². The molecule has 8 nitrogen and oxygen atoms in total. The average Bonchev–Trinajstić information content (AvgIpc) is 3.27. The van der Waals surface area contributed by atoms with Gasteiger partial charge in [0.25, 0.3) is 5.56 Å². The highest BCUT2D eigenvalue weighted by Gasteiger charge is 2.24. The highest BCUT2D eigenvalue weighted by molar-refractivity contribution is 5.90. The summed E-state index contributed by atoms with van der Waals surface area (Å²) in [7, 11) is 0. The molecule has 1 aliphatic heterocycles. The van der Waals surface area contributed by atoms with Crippen LogP contribution in [0.3, 0.4) is 0 Å². The summed E-state index contributed by atoms with van der Waals surface area (Å²) >= 11 is 0. The lowest BCUT2D eigenvalue weighted by Crippen LogP contribution is -2.44. The van der Waals surface area contributed by atoms with Crippen LogP contribution in [0.15, 0.2) is 59.4 Å². The molecule has 1 N–H and O–H groups in total. The van der Waals surface area contributed by atoms with Crippen molar-refractivity contribution in [1.82, 2.24) is 24.6 Å². The predicted octanol–water partition coefficient (Wildman–Crippen LogP) is 2.61. The van der Waals surface area contributed by atoms with Crippen molar-refractivity contribution in [2.75, 3.05) is 31.1 Å². The summed E-state index contributed by atoms with van der Waals surface area (Å²) in [6.45, 7) is 6.30. The van der Waals surface area contributed by atoms with Gasteiger partial charge in [0.15, 0.2) is 0 Å². The summed E-state index contributed by atoms with van der Waals surface area (Å²) in [6.07, 6.45) is 0. The molecule has 166 valence electrons. The van der Waals surface area contributed by atoms with E-state index in [1.807, 2.05) is 60.0 Å². The Morgan fingerprint density at radius 2 is 1.79 bits per heavy atom. The molecule has 2 aromatic heterocycles. The van der Waals surface area contributed by atoms with Crippen molar-refractivity contribution in [1.29, 1.82) is 5.26 Å². The van der Waals surface area contributed by atoms with E-state index in [0.717, 1.165) is 43.3 Å². The first kappa shape index (κ1) is 20.9. The highest BCUT2D eigenvalue weighted by Crippen LogP contribution is 2.28. The number of imidazole rings is 1. The standard InChI is InChI=1S/C25H25N7O/c1-2-31-23-22(28-25(31)30-14-12-27-13-15-30)21(18-8-4-3-5-9-18)29-32(24(23)33)17-20-11-7-6-10-19(20)16-26/h3-11,27H,2,12-15,17H2,1H3. The Labute approximate surface area is 191 Å². The molecule has 0 saturated carbocycles. The van der Waals surface area contributed by atoms with Crippen molar-refractivity contribution in [2.24, 2.45) is 0 Å². The average molecular weight is 440 g/mol. The number of piperazine rings is 1. The second-order valence-electron chi connectivity index (χ2n) is 8.04. The molecular formula is C25H25N7O. The smallest absolute Gasteiger partial charge is 0.293 e. The summed E-state index contributed by atoms with van der Waals surface area (Å²) in [5.41, 5.74) is 3.84. The molecule has 3 heterocycles. The van der Waals surface area contributed by atoms with Gasteiger partial charge in [-0.15, -0.1) is 0 Å². The first-order chi connectivity index (χ1) is 16.2. The second-order valence-corrected chi connectivity index (χ2v) is 8.04. The molecule has 1 aliphatic rings. The van der Waals surface area contributed by atoms with Crippen molar-refractivity contribution in [3.8, 4) is 17.3 Å². The third-order valence-electron chi connectivity index (χ3n) is 6.05. The maximum absolute atomic E-state index is 13.7. The van der Waals surface area contributed by atoms with E-state index in [4.69, 9.17) is 10.1 Å². The fourth-order valence-electron chi connectivity index (χ4n) is 4.39. The van der Waals surface area contributed by atoms with Gasteiger partial charge in [0.1, 0.15) is 16.7 Å². The molecule has 0 aliphatic carbocycles. The van der Waals surface area contributed by atoms with Crippen LogP contribution in [0, 0.1) is 11.3 Å². The van der Waals surface area contributed by atoms with Gasteiger partial charge in [0.2, 0.25) is 5.95 Å². The number of fused-ring (bicyclic) bond motifs is 1. The quantitative estimate of drug-likeness (QED) is 0.514. The number of anilines is 1. The van der Waals surface area contributed by atoms with E-state index in [1.165, 1.54) is 4.68 Å². The van der Waals surface area contributed by atoms with E-state index in [2.05, 4.69) is 16.3 Å². The van der Waals surface area contributed by atoms with Crippen LogP contribution >= 0.6 is 0 Å². The van der Waals surface area contributed by atoms with Gasteiger partial charge in [-0.3, -0.25) is 4.79 Å². The SMILES string of the molecule is CCn1c(N2CCNCC2)nc2c(-c3ccccc3)nn(Cc3ccccc3C#N)c(=O)c21. The maximum Gasteiger partial charge on any atom is 0.293 e. The van der Waals surface area contributed by atoms with E-state index < -0.39 is 0 Å². The largest absolute Gasteiger partial charge is 0.340 e. The molecule has 4 aromatic rings. The summed E-state index contributed by atoms with van der Waals surface area (Å²) in [5, 5.41) is 17.6. The van der Waals surface area contributed by atoms with Gasteiger partial charge in [0.05, 0.1) is 18.2 Å². The second kappa shape index (κ2) is 8.88. The Kier molecular flexibility index (Phi) is 5.63. The number of aryl methyl sites for hydroxylation is 1. The van der Waals surface area contributed by atoms with Crippen LogP contribution in [-0.4, -0.2) is 45.5 Å². The van der Waals surface area contributed by atoms with Crippen molar-refractivity contribution in [3.63, 3.8) is 0 Å². The molecule has 0 unspecified atom stereocenters. The van der Waals surface area contributed by atoms with Crippen LogP contribution in [0.1, 0.15) is 18.1 Å². The van der Waals surface area contributed by atoms with Crippen LogP contribution in [-0.2, 0) is 13.1 Å². The summed E-state index contributed by atoms with van der Waals surface area (Å²) < 4.78 is 3.47. The van der Waals surface area contributed by atoms with E-state index in [0.29, 0.717) is 28.8 Å². The van der Waals surface area contributed by atoms with Crippen LogP contribution in [0.4, 0.5) is 5.95 Å². The van der Waals surface area contributed by atoms with E-state index in [9.17, 15) is 10.1 Å². The fraction of sp³-hybridized carbons (Fsp3) is 0.280. The number of aromatic nitrogens is 4. The number of hydrogen-bond acceptors (Lipinski definition) is 6. The third kappa shape index (κ3) is 3.77. The molecule has 33 heavy (non-hydrogen) atoms. The van der Waals surface area contributed by atoms with Gasteiger partial charge in [-0.05, 0) is 18.6 Å². The first-order valence-electron chi connectivity index (χ1n) is 11.2. The lowest BCUT2D eigenvalue weighted by Gasteiger charge is -2.28. The normalized spacial score (nSPS) is 13.9. The zero-order chi connectivity index (χ0) is 22.8. The monoisotopic (exact) mass is 439 g/mol. The molecule has 2 aromatic carbocycles. The molecule has 8 heteroatoms. The topological polar surface area (TPSA) is 91.8 Å². The molecule has 0 atom stereocenters. The maximum atomic E-state index is 13.7. The molecule has 0 radical (unpaired) electrons. The van der Waals surface area contributed by atoms with Gasteiger partial charge in [-0.2, -0.15) is 10.4 Å². The van der Waals surface area contributed by atoms with Crippen LogP contribution in [0.2, 0.25) is 0 Å². The van der Waals surface area contributed by atoms with Crippen LogP contribution < -0.4 is 15.8 Å². The number of nitrogens with one attached hydrogen (secondary N) is 1. The number of rotatable bonds is 5. The molecular weight excluding hydrogens is 414 g/mol. The molecule has 0 bridgehead atoms. The Morgan fingerprint density at radius 3 is 2.52 bits per heavy atom. The van der Waals surface area contributed by atoms with Crippen LogP contribution in [0.25, 0.3) is 22.3 Å². The zero-order valence-corrected chi connectivity index (χ0v) is 18.5. The highest BCUT2D eigenvalue weighted by atomic mass is 16.1. The van der Waals surface area contributed by atoms with E-state index in [1.54, 1.807) is 6.07 Å². The molecule has 0 spiro atoms. The van der Waals surface area contributed by atoms with Crippen molar-refractivity contribution in [2.45, 2.75) is 20.0 Å². The number of nitrogens with zero attached hydrogens (tertiary/aromatic N) is 6. The van der Waals surface area contributed by atoms with E-state index in [-0.39, 0.29) is 12.1 Å². The molecule has 1 saturated heterocycles.